The SMILES string of the molecule is CCCN(CCC)C(=S)NC(=O)c1ccc(OCC)cc1. The van der Waals surface area contributed by atoms with Crippen LogP contribution in [0.4, 0.5) is 0 Å². The van der Waals surface area contributed by atoms with Crippen LogP contribution >= 0.6 is 12.2 Å². The molecule has 0 saturated carbocycles. The molecule has 0 radical (unpaired) electrons. The van der Waals surface area contributed by atoms with Crippen LogP contribution in [0.2, 0.25) is 0 Å². The Morgan fingerprint density at radius 1 is 1.14 bits per heavy atom. The zero-order valence-electron chi connectivity index (χ0n) is 13.0. The molecule has 0 heterocycles. The van der Waals surface area contributed by atoms with Crippen LogP contribution < -0.4 is 10.1 Å². The molecule has 1 aromatic rings. The lowest BCUT2D eigenvalue weighted by Gasteiger charge is -2.24. The maximum absolute atomic E-state index is 12.2. The summed E-state index contributed by atoms with van der Waals surface area (Å²) in [5.74, 6) is 0.579. The van der Waals surface area contributed by atoms with Gasteiger partial charge in [-0.3, -0.25) is 10.1 Å². The number of hydrogen-bond donors (Lipinski definition) is 1. The molecule has 0 aliphatic rings. The average Bonchev–Trinajstić information content (AvgIpc) is 2.48. The van der Waals surface area contributed by atoms with Gasteiger partial charge in [-0.15, -0.1) is 0 Å². The van der Waals surface area contributed by atoms with E-state index in [-0.39, 0.29) is 5.91 Å². The lowest BCUT2D eigenvalue weighted by molar-refractivity contribution is 0.0973. The highest BCUT2D eigenvalue weighted by Gasteiger charge is 2.12. The number of nitrogens with zero attached hydrogens (tertiary/aromatic N) is 1. The fourth-order valence-corrected chi connectivity index (χ4v) is 2.25. The van der Waals surface area contributed by atoms with Crippen molar-refractivity contribution in [1.29, 1.82) is 0 Å². The Hall–Kier alpha value is -1.62. The Labute approximate surface area is 132 Å². The number of benzene rings is 1. The number of thiocarbonyl (C=S) groups is 1. The Bertz CT molecular complexity index is 454. The summed E-state index contributed by atoms with van der Waals surface area (Å²) in [5.41, 5.74) is 0.578. The minimum absolute atomic E-state index is 0.180. The zero-order chi connectivity index (χ0) is 15.7. The van der Waals surface area contributed by atoms with E-state index in [1.807, 2.05) is 11.8 Å². The summed E-state index contributed by atoms with van der Waals surface area (Å²) in [5, 5.41) is 3.29. The molecule has 0 saturated heterocycles. The summed E-state index contributed by atoms with van der Waals surface area (Å²) in [7, 11) is 0. The zero-order valence-corrected chi connectivity index (χ0v) is 13.8. The topological polar surface area (TPSA) is 41.6 Å². The van der Waals surface area contributed by atoms with Gasteiger partial charge in [-0.2, -0.15) is 0 Å². The van der Waals surface area contributed by atoms with Gasteiger partial charge >= 0.3 is 0 Å². The van der Waals surface area contributed by atoms with Crippen LogP contribution in [0.5, 0.6) is 5.75 Å². The molecule has 0 aromatic heterocycles. The van der Waals surface area contributed by atoms with Crippen molar-refractivity contribution in [2.24, 2.45) is 0 Å². The molecule has 0 atom stereocenters. The van der Waals surface area contributed by atoms with Gasteiger partial charge in [-0.1, -0.05) is 13.8 Å². The number of hydrogen-bond acceptors (Lipinski definition) is 3. The summed E-state index contributed by atoms with van der Waals surface area (Å²) in [6.45, 7) is 8.44. The molecule has 0 aliphatic heterocycles. The van der Waals surface area contributed by atoms with E-state index in [9.17, 15) is 4.79 Å². The van der Waals surface area contributed by atoms with Crippen LogP contribution in [0, 0.1) is 0 Å². The number of nitrogens with one attached hydrogen (secondary N) is 1. The number of carbonyl (C=O) groups excluding carboxylic acids is 1. The van der Waals surface area contributed by atoms with E-state index in [1.165, 1.54) is 0 Å². The minimum Gasteiger partial charge on any atom is -0.494 e. The molecule has 1 N–H and O–H groups in total. The van der Waals surface area contributed by atoms with Crippen LogP contribution in [0.15, 0.2) is 24.3 Å². The van der Waals surface area contributed by atoms with Crippen LogP contribution in [0.25, 0.3) is 0 Å². The van der Waals surface area contributed by atoms with E-state index in [1.54, 1.807) is 24.3 Å². The van der Waals surface area contributed by atoms with Gasteiger partial charge in [0.05, 0.1) is 6.61 Å². The molecule has 0 unspecified atom stereocenters. The maximum atomic E-state index is 12.2. The molecule has 0 spiro atoms. The second kappa shape index (κ2) is 9.34. The average molecular weight is 308 g/mol. The van der Waals surface area contributed by atoms with Gasteiger partial charge in [0.2, 0.25) is 0 Å². The van der Waals surface area contributed by atoms with Gasteiger partial charge in [0.15, 0.2) is 5.11 Å². The van der Waals surface area contributed by atoms with Crippen molar-refractivity contribution in [3.05, 3.63) is 29.8 Å². The Balaban J connectivity index is 2.64. The number of rotatable bonds is 7. The van der Waals surface area contributed by atoms with Gasteiger partial charge in [-0.25, -0.2) is 0 Å². The number of carbonyl (C=O) groups is 1. The van der Waals surface area contributed by atoms with Crippen molar-refractivity contribution in [2.75, 3.05) is 19.7 Å². The van der Waals surface area contributed by atoms with Crippen molar-refractivity contribution in [3.8, 4) is 5.75 Å². The normalized spacial score (nSPS) is 10.0. The summed E-state index contributed by atoms with van der Waals surface area (Å²) in [4.78, 5) is 14.2. The van der Waals surface area contributed by atoms with Gasteiger partial charge in [0.1, 0.15) is 5.75 Å². The predicted molar refractivity (Wildman–Crippen MR) is 89.8 cm³/mol. The highest BCUT2D eigenvalue weighted by Crippen LogP contribution is 2.12. The van der Waals surface area contributed by atoms with Gasteiger partial charge in [0, 0.05) is 18.7 Å². The van der Waals surface area contributed by atoms with Crippen molar-refractivity contribution >= 4 is 23.2 Å². The molecule has 116 valence electrons. The molecule has 5 heteroatoms. The van der Waals surface area contributed by atoms with Crippen molar-refractivity contribution < 1.29 is 9.53 Å². The molecule has 21 heavy (non-hydrogen) atoms. The monoisotopic (exact) mass is 308 g/mol. The van der Waals surface area contributed by atoms with Gasteiger partial charge < -0.3 is 9.64 Å². The molecule has 1 rings (SSSR count). The third-order valence-corrected chi connectivity index (χ3v) is 3.28. The van der Waals surface area contributed by atoms with Crippen molar-refractivity contribution in [2.45, 2.75) is 33.6 Å². The van der Waals surface area contributed by atoms with Crippen molar-refractivity contribution in [3.63, 3.8) is 0 Å². The second-order valence-corrected chi connectivity index (χ2v) is 5.09. The molecule has 0 bridgehead atoms. The standard InChI is InChI=1S/C16H24N2O2S/c1-4-11-18(12-5-2)16(21)17-15(19)13-7-9-14(10-8-13)20-6-3/h7-10H,4-6,11-12H2,1-3H3,(H,17,19,21). The van der Waals surface area contributed by atoms with E-state index < -0.39 is 0 Å². The highest BCUT2D eigenvalue weighted by atomic mass is 32.1. The lowest BCUT2D eigenvalue weighted by Crippen LogP contribution is -2.43. The first-order chi connectivity index (χ1) is 10.1. The second-order valence-electron chi connectivity index (χ2n) is 4.70. The van der Waals surface area contributed by atoms with E-state index in [2.05, 4.69) is 19.2 Å². The third-order valence-electron chi connectivity index (χ3n) is 2.92. The molecule has 1 amide bonds. The van der Waals surface area contributed by atoms with Crippen molar-refractivity contribution in [1.82, 2.24) is 10.2 Å². The first kappa shape index (κ1) is 17.4. The number of amides is 1. The molecular weight excluding hydrogens is 284 g/mol. The third kappa shape index (κ3) is 5.71. The molecule has 0 fully saturated rings. The molecule has 4 nitrogen and oxygen atoms in total. The minimum atomic E-state index is -0.180. The largest absolute Gasteiger partial charge is 0.494 e. The van der Waals surface area contributed by atoms with Crippen LogP contribution in [0.1, 0.15) is 44.0 Å². The predicted octanol–water partition coefficient (Wildman–Crippen LogP) is 3.22. The Kier molecular flexibility index (Phi) is 7.75. The summed E-state index contributed by atoms with van der Waals surface area (Å²) < 4.78 is 5.36. The molecule has 0 aliphatic carbocycles. The highest BCUT2D eigenvalue weighted by molar-refractivity contribution is 7.80. The van der Waals surface area contributed by atoms with E-state index >= 15 is 0 Å². The molecule has 1 aromatic carbocycles. The van der Waals surface area contributed by atoms with Crippen LogP contribution in [-0.2, 0) is 0 Å². The van der Waals surface area contributed by atoms with Crippen LogP contribution in [0.3, 0.4) is 0 Å². The van der Waals surface area contributed by atoms with E-state index in [0.29, 0.717) is 17.3 Å². The fourth-order valence-electron chi connectivity index (χ4n) is 1.97. The number of ether oxygens (including phenoxy) is 1. The van der Waals surface area contributed by atoms with Crippen LogP contribution in [-0.4, -0.2) is 35.6 Å². The quantitative estimate of drug-likeness (QED) is 0.785. The lowest BCUT2D eigenvalue weighted by atomic mass is 10.2. The maximum Gasteiger partial charge on any atom is 0.257 e. The fraction of sp³-hybridized carbons (Fsp3) is 0.500. The summed E-state index contributed by atoms with van der Waals surface area (Å²) in [6, 6.07) is 7.06. The Morgan fingerprint density at radius 3 is 2.19 bits per heavy atom. The Morgan fingerprint density at radius 2 is 1.71 bits per heavy atom. The smallest absolute Gasteiger partial charge is 0.257 e. The first-order valence-corrected chi connectivity index (χ1v) is 7.86. The van der Waals surface area contributed by atoms with Gasteiger partial charge in [-0.05, 0) is 56.2 Å². The van der Waals surface area contributed by atoms with Gasteiger partial charge in [0.25, 0.3) is 5.91 Å². The molecular formula is C16H24N2O2S. The summed E-state index contributed by atoms with van der Waals surface area (Å²) >= 11 is 5.32. The first-order valence-electron chi connectivity index (χ1n) is 7.45. The summed E-state index contributed by atoms with van der Waals surface area (Å²) in [6.07, 6.45) is 2.00. The van der Waals surface area contributed by atoms with E-state index in [4.69, 9.17) is 17.0 Å². The van der Waals surface area contributed by atoms with E-state index in [0.717, 1.165) is 31.7 Å².